The Kier molecular flexibility index (Phi) is 4.94. The molecule has 1 fully saturated rings. The molecule has 0 aromatic carbocycles. The van der Waals surface area contributed by atoms with Gasteiger partial charge in [0, 0.05) is 5.92 Å². The van der Waals surface area contributed by atoms with Crippen LogP contribution in [0.2, 0.25) is 0 Å². The molecular formula is C11H21NO2. The van der Waals surface area contributed by atoms with E-state index in [4.69, 9.17) is 5.21 Å². The van der Waals surface area contributed by atoms with Crippen LogP contribution in [0.1, 0.15) is 51.9 Å². The molecule has 82 valence electrons. The third-order valence-corrected chi connectivity index (χ3v) is 3.29. The average molecular weight is 199 g/mol. The molecule has 0 aliphatic heterocycles. The van der Waals surface area contributed by atoms with E-state index in [1.807, 2.05) is 0 Å². The fourth-order valence-electron chi connectivity index (χ4n) is 2.30. The Labute approximate surface area is 85.8 Å². The van der Waals surface area contributed by atoms with Gasteiger partial charge < -0.3 is 0 Å². The van der Waals surface area contributed by atoms with Gasteiger partial charge in [0.2, 0.25) is 5.91 Å². The minimum absolute atomic E-state index is 0.0536. The molecule has 1 aliphatic carbocycles. The molecule has 0 aromatic heterocycles. The van der Waals surface area contributed by atoms with Crippen LogP contribution < -0.4 is 5.48 Å². The Bertz CT molecular complexity index is 174. The van der Waals surface area contributed by atoms with Crippen molar-refractivity contribution < 1.29 is 10.0 Å². The second-order valence-electron chi connectivity index (χ2n) is 4.34. The Morgan fingerprint density at radius 3 is 2.50 bits per heavy atom. The number of hydrogen-bond donors (Lipinski definition) is 2. The summed E-state index contributed by atoms with van der Waals surface area (Å²) >= 11 is 0. The molecule has 2 N–H and O–H groups in total. The van der Waals surface area contributed by atoms with E-state index in [0.717, 1.165) is 31.6 Å². The summed E-state index contributed by atoms with van der Waals surface area (Å²) in [6, 6.07) is 0. The van der Waals surface area contributed by atoms with E-state index < -0.39 is 0 Å². The molecule has 0 spiro atoms. The van der Waals surface area contributed by atoms with Gasteiger partial charge in [-0.3, -0.25) is 10.0 Å². The lowest BCUT2D eigenvalue weighted by atomic mass is 9.79. The van der Waals surface area contributed by atoms with Crippen molar-refractivity contribution in [3.8, 4) is 0 Å². The fourth-order valence-corrected chi connectivity index (χ4v) is 2.30. The largest absolute Gasteiger partial charge is 0.289 e. The topological polar surface area (TPSA) is 49.3 Å². The van der Waals surface area contributed by atoms with E-state index in [-0.39, 0.29) is 11.8 Å². The van der Waals surface area contributed by atoms with Crippen LogP contribution in [-0.4, -0.2) is 11.1 Å². The molecule has 1 rings (SSSR count). The Morgan fingerprint density at radius 2 is 2.00 bits per heavy atom. The highest BCUT2D eigenvalue weighted by atomic mass is 16.5. The van der Waals surface area contributed by atoms with Crippen molar-refractivity contribution in [3.63, 3.8) is 0 Å². The number of carbonyl (C=O) groups is 1. The van der Waals surface area contributed by atoms with Gasteiger partial charge in [-0.25, -0.2) is 5.48 Å². The number of hydrogen-bond acceptors (Lipinski definition) is 2. The molecule has 0 atom stereocenters. The molecule has 1 aliphatic rings. The van der Waals surface area contributed by atoms with E-state index in [2.05, 4.69) is 6.92 Å². The lowest BCUT2D eigenvalue weighted by Crippen LogP contribution is -2.30. The highest BCUT2D eigenvalue weighted by Crippen LogP contribution is 2.31. The Hall–Kier alpha value is -0.570. The third kappa shape index (κ3) is 3.29. The van der Waals surface area contributed by atoms with Crippen LogP contribution in [0.4, 0.5) is 0 Å². The molecular weight excluding hydrogens is 178 g/mol. The lowest BCUT2D eigenvalue weighted by molar-refractivity contribution is -0.134. The first kappa shape index (κ1) is 11.5. The summed E-state index contributed by atoms with van der Waals surface area (Å²) in [4.78, 5) is 11.1. The maximum absolute atomic E-state index is 11.1. The number of hydroxylamine groups is 1. The molecule has 0 saturated heterocycles. The summed E-state index contributed by atoms with van der Waals surface area (Å²) < 4.78 is 0. The number of nitrogens with one attached hydrogen (secondary N) is 1. The van der Waals surface area contributed by atoms with Crippen LogP contribution in [0.15, 0.2) is 0 Å². The second-order valence-corrected chi connectivity index (χ2v) is 4.34. The molecule has 0 aromatic rings. The van der Waals surface area contributed by atoms with Crippen LogP contribution in [0.25, 0.3) is 0 Å². The van der Waals surface area contributed by atoms with E-state index >= 15 is 0 Å². The SMILES string of the molecule is CCCCC1CCC(C(=O)NO)CC1. The zero-order valence-corrected chi connectivity index (χ0v) is 8.96. The summed E-state index contributed by atoms with van der Waals surface area (Å²) in [6.07, 6.45) is 8.07. The normalized spacial score (nSPS) is 27.3. The molecule has 0 radical (unpaired) electrons. The standard InChI is InChI=1S/C11H21NO2/c1-2-3-4-9-5-7-10(8-6-9)11(13)12-14/h9-10,14H,2-8H2,1H3,(H,12,13). The Balaban J connectivity index is 2.20. The first-order chi connectivity index (χ1) is 6.77. The van der Waals surface area contributed by atoms with Crippen molar-refractivity contribution in [2.45, 2.75) is 51.9 Å². The zero-order chi connectivity index (χ0) is 10.4. The zero-order valence-electron chi connectivity index (χ0n) is 8.96. The van der Waals surface area contributed by atoms with Crippen LogP contribution in [0, 0.1) is 11.8 Å². The lowest BCUT2D eigenvalue weighted by Gasteiger charge is -2.26. The number of carbonyl (C=O) groups excluding carboxylic acids is 1. The van der Waals surface area contributed by atoms with Crippen LogP contribution in [-0.2, 0) is 4.79 Å². The summed E-state index contributed by atoms with van der Waals surface area (Å²) in [5.41, 5.74) is 1.75. The average Bonchev–Trinajstić information content (AvgIpc) is 2.26. The van der Waals surface area contributed by atoms with Crippen molar-refractivity contribution >= 4 is 5.91 Å². The van der Waals surface area contributed by atoms with Gasteiger partial charge in [0.15, 0.2) is 0 Å². The monoisotopic (exact) mass is 199 g/mol. The van der Waals surface area contributed by atoms with Crippen molar-refractivity contribution in [1.29, 1.82) is 0 Å². The third-order valence-electron chi connectivity index (χ3n) is 3.29. The summed E-state index contributed by atoms with van der Waals surface area (Å²) in [5.74, 6) is 0.675. The second kappa shape index (κ2) is 6.02. The first-order valence-electron chi connectivity index (χ1n) is 5.71. The number of rotatable bonds is 4. The quantitative estimate of drug-likeness (QED) is 0.540. The fraction of sp³-hybridized carbons (Fsp3) is 0.909. The van der Waals surface area contributed by atoms with E-state index in [1.54, 1.807) is 5.48 Å². The minimum atomic E-state index is -0.195. The van der Waals surface area contributed by atoms with Crippen LogP contribution in [0.3, 0.4) is 0 Å². The predicted octanol–water partition coefficient (Wildman–Crippen LogP) is 2.49. The van der Waals surface area contributed by atoms with Crippen molar-refractivity contribution in [1.82, 2.24) is 5.48 Å². The van der Waals surface area contributed by atoms with Crippen molar-refractivity contribution in [3.05, 3.63) is 0 Å². The molecule has 0 unspecified atom stereocenters. The van der Waals surface area contributed by atoms with Gasteiger partial charge >= 0.3 is 0 Å². The summed E-state index contributed by atoms with van der Waals surface area (Å²) in [7, 11) is 0. The van der Waals surface area contributed by atoms with Crippen LogP contribution >= 0.6 is 0 Å². The predicted molar refractivity (Wildman–Crippen MR) is 54.9 cm³/mol. The highest BCUT2D eigenvalue weighted by Gasteiger charge is 2.25. The summed E-state index contributed by atoms with van der Waals surface area (Å²) in [5, 5.41) is 8.49. The van der Waals surface area contributed by atoms with Crippen molar-refractivity contribution in [2.24, 2.45) is 11.8 Å². The number of unbranched alkanes of at least 4 members (excludes halogenated alkanes) is 1. The number of amides is 1. The van der Waals surface area contributed by atoms with Gasteiger partial charge in [-0.15, -0.1) is 0 Å². The van der Waals surface area contributed by atoms with Gasteiger partial charge in [0.25, 0.3) is 0 Å². The molecule has 0 bridgehead atoms. The maximum Gasteiger partial charge on any atom is 0.246 e. The van der Waals surface area contributed by atoms with Crippen molar-refractivity contribution in [2.75, 3.05) is 0 Å². The molecule has 0 heterocycles. The van der Waals surface area contributed by atoms with Crippen LogP contribution in [0.5, 0.6) is 0 Å². The highest BCUT2D eigenvalue weighted by molar-refractivity contribution is 5.77. The van der Waals surface area contributed by atoms with Gasteiger partial charge in [-0.2, -0.15) is 0 Å². The molecule has 3 nitrogen and oxygen atoms in total. The maximum atomic E-state index is 11.1. The molecule has 3 heteroatoms. The summed E-state index contributed by atoms with van der Waals surface area (Å²) in [6.45, 7) is 2.21. The van der Waals surface area contributed by atoms with Gasteiger partial charge in [0.1, 0.15) is 0 Å². The molecule has 1 amide bonds. The van der Waals surface area contributed by atoms with Gasteiger partial charge in [-0.05, 0) is 31.6 Å². The van der Waals surface area contributed by atoms with E-state index in [9.17, 15) is 4.79 Å². The van der Waals surface area contributed by atoms with Gasteiger partial charge in [0.05, 0.1) is 0 Å². The first-order valence-corrected chi connectivity index (χ1v) is 5.71. The molecule has 1 saturated carbocycles. The van der Waals surface area contributed by atoms with Gasteiger partial charge in [-0.1, -0.05) is 26.2 Å². The minimum Gasteiger partial charge on any atom is -0.289 e. The van der Waals surface area contributed by atoms with E-state index in [0.29, 0.717) is 0 Å². The van der Waals surface area contributed by atoms with E-state index in [1.165, 1.54) is 19.3 Å². The molecule has 14 heavy (non-hydrogen) atoms. The smallest absolute Gasteiger partial charge is 0.246 e. The Morgan fingerprint density at radius 1 is 1.36 bits per heavy atom.